The van der Waals surface area contributed by atoms with E-state index in [4.69, 9.17) is 9.84 Å². The number of carboxylic acids is 1. The van der Waals surface area contributed by atoms with Crippen LogP contribution in [0.2, 0.25) is 0 Å². The molecule has 1 amide bonds. The molecule has 0 aliphatic rings. The van der Waals surface area contributed by atoms with Crippen molar-refractivity contribution in [1.82, 2.24) is 0 Å². The van der Waals surface area contributed by atoms with E-state index in [0.29, 0.717) is 17.0 Å². The van der Waals surface area contributed by atoms with E-state index in [-0.39, 0.29) is 18.6 Å². The maximum absolute atomic E-state index is 12.4. The maximum Gasteiger partial charge on any atom is 0.306 e. The first-order valence-electron chi connectivity index (χ1n) is 9.48. The molecule has 2 aromatic carbocycles. The predicted octanol–water partition coefficient (Wildman–Crippen LogP) is 4.43. The lowest BCUT2D eigenvalue weighted by atomic mass is 10.1. The molecule has 0 atom stereocenters. The van der Waals surface area contributed by atoms with E-state index in [0.717, 1.165) is 19.3 Å². The Morgan fingerprint density at radius 2 is 1.83 bits per heavy atom. The third kappa shape index (κ3) is 7.51. The minimum atomic E-state index is -0.926. The van der Waals surface area contributed by atoms with Gasteiger partial charge in [-0.15, -0.1) is 0 Å². The number of hydrogen-bond donors (Lipinski definition) is 2. The number of hydrogen-bond acceptors (Lipinski definition) is 4. The number of carbonyl (C=O) groups excluding carboxylic acids is 1. The standard InChI is InChI=1S/C23H24N2O4/c1-2-3-4-17-5-9-20(10-6-17)25-23(28)19(16-24)15-18-7-11-21(12-8-18)29-14-13-22(26)27/h5-12,15H,2-4,13-14H2,1H3,(H,25,28)(H,26,27)/b19-15+. The first-order valence-corrected chi connectivity index (χ1v) is 9.48. The predicted molar refractivity (Wildman–Crippen MR) is 111 cm³/mol. The number of aryl methyl sites for hydroxylation is 1. The highest BCUT2D eigenvalue weighted by Crippen LogP contribution is 2.17. The molecule has 29 heavy (non-hydrogen) atoms. The van der Waals surface area contributed by atoms with Crippen LogP contribution in [0.15, 0.2) is 54.1 Å². The second-order valence-electron chi connectivity index (χ2n) is 6.49. The third-order valence-electron chi connectivity index (χ3n) is 4.17. The highest BCUT2D eigenvalue weighted by atomic mass is 16.5. The summed E-state index contributed by atoms with van der Waals surface area (Å²) in [6.45, 7) is 2.22. The molecule has 0 spiro atoms. The van der Waals surface area contributed by atoms with Crippen molar-refractivity contribution >= 4 is 23.6 Å². The zero-order valence-electron chi connectivity index (χ0n) is 16.4. The van der Waals surface area contributed by atoms with Crippen molar-refractivity contribution in [3.8, 4) is 11.8 Å². The molecule has 0 bridgehead atoms. The molecule has 2 aromatic rings. The van der Waals surface area contributed by atoms with Gasteiger partial charge >= 0.3 is 5.97 Å². The molecule has 2 N–H and O–H groups in total. The Bertz CT molecular complexity index is 894. The van der Waals surface area contributed by atoms with Gasteiger partial charge in [-0.1, -0.05) is 37.6 Å². The lowest BCUT2D eigenvalue weighted by Crippen LogP contribution is -2.13. The van der Waals surface area contributed by atoms with Gasteiger partial charge in [-0.25, -0.2) is 0 Å². The van der Waals surface area contributed by atoms with Crippen LogP contribution in [0.3, 0.4) is 0 Å². The van der Waals surface area contributed by atoms with E-state index in [1.54, 1.807) is 24.3 Å². The summed E-state index contributed by atoms with van der Waals surface area (Å²) < 4.78 is 5.32. The van der Waals surface area contributed by atoms with Gasteiger partial charge in [0.15, 0.2) is 0 Å². The highest BCUT2D eigenvalue weighted by molar-refractivity contribution is 6.09. The molecule has 0 fully saturated rings. The van der Waals surface area contributed by atoms with Gasteiger partial charge in [0.25, 0.3) is 5.91 Å². The number of anilines is 1. The number of benzene rings is 2. The summed E-state index contributed by atoms with van der Waals surface area (Å²) in [7, 11) is 0. The van der Waals surface area contributed by atoms with Crippen molar-refractivity contribution in [2.24, 2.45) is 0 Å². The summed E-state index contributed by atoms with van der Waals surface area (Å²) in [5, 5.41) is 20.7. The van der Waals surface area contributed by atoms with E-state index in [9.17, 15) is 14.9 Å². The Hall–Kier alpha value is -3.59. The van der Waals surface area contributed by atoms with Crippen LogP contribution >= 0.6 is 0 Å². The third-order valence-corrected chi connectivity index (χ3v) is 4.17. The number of nitriles is 1. The molecule has 6 nitrogen and oxygen atoms in total. The fourth-order valence-corrected chi connectivity index (χ4v) is 2.57. The number of ether oxygens (including phenoxy) is 1. The smallest absolute Gasteiger partial charge is 0.306 e. The number of nitrogens with one attached hydrogen (secondary N) is 1. The first kappa shape index (κ1) is 21.7. The van der Waals surface area contributed by atoms with Crippen LogP contribution in [0.1, 0.15) is 37.3 Å². The van der Waals surface area contributed by atoms with E-state index < -0.39 is 11.9 Å². The second-order valence-corrected chi connectivity index (χ2v) is 6.49. The summed E-state index contributed by atoms with van der Waals surface area (Å²) in [6, 6.07) is 16.3. The second kappa shape index (κ2) is 11.3. The normalized spacial score (nSPS) is 10.8. The maximum atomic E-state index is 12.4. The number of carboxylic acid groups (broad SMARTS) is 1. The van der Waals surface area contributed by atoms with Gasteiger partial charge in [0, 0.05) is 5.69 Å². The van der Waals surface area contributed by atoms with Gasteiger partial charge in [0.1, 0.15) is 17.4 Å². The van der Waals surface area contributed by atoms with Crippen molar-refractivity contribution in [1.29, 1.82) is 5.26 Å². The zero-order valence-corrected chi connectivity index (χ0v) is 16.4. The summed E-state index contributed by atoms with van der Waals surface area (Å²) in [6.07, 6.45) is 4.66. The fourth-order valence-electron chi connectivity index (χ4n) is 2.57. The molecular weight excluding hydrogens is 368 g/mol. The number of unbranched alkanes of at least 4 members (excludes halogenated alkanes) is 1. The molecular formula is C23H24N2O4. The Morgan fingerprint density at radius 3 is 2.41 bits per heavy atom. The van der Waals surface area contributed by atoms with E-state index in [2.05, 4.69) is 12.2 Å². The quantitative estimate of drug-likeness (QED) is 0.460. The monoisotopic (exact) mass is 392 g/mol. The number of amides is 1. The topological polar surface area (TPSA) is 99.4 Å². The Morgan fingerprint density at radius 1 is 1.14 bits per heavy atom. The lowest BCUT2D eigenvalue weighted by Gasteiger charge is -2.07. The average Bonchev–Trinajstić information content (AvgIpc) is 2.72. The van der Waals surface area contributed by atoms with Crippen molar-refractivity contribution in [2.75, 3.05) is 11.9 Å². The minimum absolute atomic E-state index is 0.0143. The molecule has 0 heterocycles. The SMILES string of the molecule is CCCCc1ccc(NC(=O)/C(C#N)=C/c2ccc(OCCC(=O)O)cc2)cc1. The fraction of sp³-hybridized carbons (Fsp3) is 0.261. The Labute approximate surface area is 170 Å². The molecule has 150 valence electrons. The van der Waals surface area contributed by atoms with E-state index >= 15 is 0 Å². The number of nitrogens with zero attached hydrogens (tertiary/aromatic N) is 1. The Kier molecular flexibility index (Phi) is 8.46. The molecule has 0 aliphatic carbocycles. The van der Waals surface area contributed by atoms with Crippen LogP contribution in [0, 0.1) is 11.3 Å². The highest BCUT2D eigenvalue weighted by Gasteiger charge is 2.10. The van der Waals surface area contributed by atoms with Crippen LogP contribution in [0.5, 0.6) is 5.75 Å². The first-order chi connectivity index (χ1) is 14.0. The van der Waals surface area contributed by atoms with Crippen molar-refractivity contribution in [3.63, 3.8) is 0 Å². The molecule has 0 aromatic heterocycles. The number of rotatable bonds is 10. The van der Waals surface area contributed by atoms with Gasteiger partial charge in [0.2, 0.25) is 0 Å². The molecule has 0 saturated heterocycles. The molecule has 6 heteroatoms. The van der Waals surface area contributed by atoms with Crippen LogP contribution in [-0.4, -0.2) is 23.6 Å². The summed E-state index contributed by atoms with van der Waals surface area (Å²) in [4.78, 5) is 22.9. The van der Waals surface area contributed by atoms with Crippen LogP contribution in [0.25, 0.3) is 6.08 Å². The molecule has 0 aliphatic heterocycles. The molecule has 2 rings (SSSR count). The van der Waals surface area contributed by atoms with Gasteiger partial charge in [0.05, 0.1) is 13.0 Å². The van der Waals surface area contributed by atoms with Gasteiger partial charge in [-0.3, -0.25) is 9.59 Å². The van der Waals surface area contributed by atoms with Crippen LogP contribution in [0.4, 0.5) is 5.69 Å². The van der Waals surface area contributed by atoms with Gasteiger partial charge < -0.3 is 15.2 Å². The molecule has 0 radical (unpaired) electrons. The van der Waals surface area contributed by atoms with Gasteiger partial charge in [-0.05, 0) is 54.3 Å². The number of aliphatic carboxylic acids is 1. The Balaban J connectivity index is 1.98. The van der Waals surface area contributed by atoms with Crippen LogP contribution in [-0.2, 0) is 16.0 Å². The van der Waals surface area contributed by atoms with Gasteiger partial charge in [-0.2, -0.15) is 5.26 Å². The van der Waals surface area contributed by atoms with E-state index in [1.165, 1.54) is 11.6 Å². The van der Waals surface area contributed by atoms with Crippen LogP contribution < -0.4 is 10.1 Å². The van der Waals surface area contributed by atoms with Crippen molar-refractivity contribution < 1.29 is 19.4 Å². The van der Waals surface area contributed by atoms with E-state index in [1.807, 2.05) is 30.3 Å². The zero-order chi connectivity index (χ0) is 21.1. The molecule has 0 saturated carbocycles. The summed E-state index contributed by atoms with van der Waals surface area (Å²) in [5.74, 6) is -0.880. The lowest BCUT2D eigenvalue weighted by molar-refractivity contribution is -0.137. The number of carbonyl (C=O) groups is 2. The summed E-state index contributed by atoms with van der Waals surface area (Å²) >= 11 is 0. The minimum Gasteiger partial charge on any atom is -0.493 e. The summed E-state index contributed by atoms with van der Waals surface area (Å²) in [5.41, 5.74) is 2.50. The largest absolute Gasteiger partial charge is 0.493 e. The van der Waals surface area contributed by atoms with Crippen molar-refractivity contribution in [2.45, 2.75) is 32.6 Å². The molecule has 0 unspecified atom stereocenters. The average molecular weight is 392 g/mol. The van der Waals surface area contributed by atoms with Crippen molar-refractivity contribution in [3.05, 3.63) is 65.2 Å².